The standard InChI is InChI=1S/C17H24BrN3O/c18-15-9-13-2-8-22-17(13)14(10-15)12-20-4-6-21(7-5-20)16-1-3-19-11-16/h9-10,16,19H,1-8,11-12H2. The van der Waals surface area contributed by atoms with Crippen LogP contribution in [0.15, 0.2) is 16.6 Å². The normalized spacial score (nSPS) is 26.1. The second-order valence-corrected chi connectivity index (χ2v) is 7.53. The van der Waals surface area contributed by atoms with Crippen molar-refractivity contribution in [3.63, 3.8) is 0 Å². The molecule has 0 amide bonds. The molecule has 0 bridgehead atoms. The Kier molecular flexibility index (Phi) is 4.40. The van der Waals surface area contributed by atoms with Gasteiger partial charge in [-0.05, 0) is 30.7 Å². The number of hydrogen-bond donors (Lipinski definition) is 1. The zero-order valence-corrected chi connectivity index (χ0v) is 14.6. The molecule has 1 atom stereocenters. The number of piperazine rings is 1. The molecule has 2 saturated heterocycles. The van der Waals surface area contributed by atoms with Crippen molar-refractivity contribution in [3.05, 3.63) is 27.7 Å². The number of rotatable bonds is 3. The Morgan fingerprint density at radius 2 is 2.09 bits per heavy atom. The Hall–Kier alpha value is -0.620. The van der Waals surface area contributed by atoms with Crippen molar-refractivity contribution in [3.8, 4) is 5.75 Å². The summed E-state index contributed by atoms with van der Waals surface area (Å²) in [6, 6.07) is 5.20. The van der Waals surface area contributed by atoms with Crippen molar-refractivity contribution in [2.75, 3.05) is 45.9 Å². The molecule has 1 unspecified atom stereocenters. The lowest BCUT2D eigenvalue weighted by atomic mass is 10.1. The Bertz CT molecular complexity index is 537. The minimum absolute atomic E-state index is 0.764. The molecule has 2 fully saturated rings. The van der Waals surface area contributed by atoms with Gasteiger partial charge in [-0.3, -0.25) is 9.80 Å². The molecular formula is C17H24BrN3O. The van der Waals surface area contributed by atoms with Crippen molar-refractivity contribution in [2.24, 2.45) is 0 Å². The molecule has 5 heteroatoms. The Morgan fingerprint density at radius 3 is 2.86 bits per heavy atom. The van der Waals surface area contributed by atoms with E-state index in [0.717, 1.165) is 44.5 Å². The van der Waals surface area contributed by atoms with Crippen molar-refractivity contribution >= 4 is 15.9 Å². The predicted molar refractivity (Wildman–Crippen MR) is 91.5 cm³/mol. The molecule has 120 valence electrons. The molecule has 0 saturated carbocycles. The topological polar surface area (TPSA) is 27.7 Å². The molecule has 4 nitrogen and oxygen atoms in total. The monoisotopic (exact) mass is 365 g/mol. The highest BCUT2D eigenvalue weighted by Crippen LogP contribution is 2.33. The number of fused-ring (bicyclic) bond motifs is 1. The van der Waals surface area contributed by atoms with Crippen LogP contribution < -0.4 is 10.1 Å². The maximum Gasteiger partial charge on any atom is 0.127 e. The first-order valence-corrected chi connectivity index (χ1v) is 9.20. The lowest BCUT2D eigenvalue weighted by molar-refractivity contribution is 0.0975. The highest BCUT2D eigenvalue weighted by molar-refractivity contribution is 9.10. The van der Waals surface area contributed by atoms with Gasteiger partial charge in [0, 0.05) is 61.8 Å². The summed E-state index contributed by atoms with van der Waals surface area (Å²) in [4.78, 5) is 5.24. The number of hydrogen-bond acceptors (Lipinski definition) is 4. The van der Waals surface area contributed by atoms with Gasteiger partial charge in [0.25, 0.3) is 0 Å². The van der Waals surface area contributed by atoms with Crippen LogP contribution in [-0.2, 0) is 13.0 Å². The maximum absolute atomic E-state index is 5.86. The van der Waals surface area contributed by atoms with Crippen LogP contribution in [0.5, 0.6) is 5.75 Å². The highest BCUT2D eigenvalue weighted by atomic mass is 79.9. The molecule has 3 aliphatic heterocycles. The van der Waals surface area contributed by atoms with Gasteiger partial charge >= 0.3 is 0 Å². The van der Waals surface area contributed by atoms with Crippen LogP contribution in [0.4, 0.5) is 0 Å². The summed E-state index contributed by atoms with van der Waals surface area (Å²) in [7, 11) is 0. The first kappa shape index (κ1) is 14.9. The third-order valence-electron chi connectivity index (χ3n) is 5.18. The molecule has 0 aromatic heterocycles. The van der Waals surface area contributed by atoms with Crippen LogP contribution in [0.3, 0.4) is 0 Å². The van der Waals surface area contributed by atoms with E-state index < -0.39 is 0 Å². The lowest BCUT2D eigenvalue weighted by Gasteiger charge is -2.38. The molecule has 1 aromatic carbocycles. The summed E-state index contributed by atoms with van der Waals surface area (Å²) >= 11 is 3.65. The summed E-state index contributed by atoms with van der Waals surface area (Å²) in [5.41, 5.74) is 2.71. The van der Waals surface area contributed by atoms with Crippen LogP contribution in [-0.4, -0.2) is 61.7 Å². The minimum Gasteiger partial charge on any atom is -0.493 e. The van der Waals surface area contributed by atoms with Gasteiger partial charge < -0.3 is 10.1 Å². The van der Waals surface area contributed by atoms with E-state index in [1.54, 1.807) is 0 Å². The average Bonchev–Trinajstić information content (AvgIpc) is 3.18. The summed E-state index contributed by atoms with van der Waals surface area (Å²) in [5.74, 6) is 1.14. The maximum atomic E-state index is 5.86. The fraction of sp³-hybridized carbons (Fsp3) is 0.647. The average molecular weight is 366 g/mol. The first-order valence-electron chi connectivity index (χ1n) is 8.41. The van der Waals surface area contributed by atoms with Crippen LogP contribution in [0.1, 0.15) is 17.5 Å². The zero-order valence-electron chi connectivity index (χ0n) is 13.0. The quantitative estimate of drug-likeness (QED) is 0.884. The summed E-state index contributed by atoms with van der Waals surface area (Å²) in [6.45, 7) is 8.93. The van der Waals surface area contributed by atoms with Gasteiger partial charge in [0.1, 0.15) is 5.75 Å². The molecule has 4 rings (SSSR count). The van der Waals surface area contributed by atoms with Gasteiger partial charge in [-0.1, -0.05) is 15.9 Å². The smallest absolute Gasteiger partial charge is 0.127 e. The van der Waals surface area contributed by atoms with Gasteiger partial charge in [-0.25, -0.2) is 0 Å². The zero-order chi connectivity index (χ0) is 14.9. The van der Waals surface area contributed by atoms with Gasteiger partial charge in [0.15, 0.2) is 0 Å². The Balaban J connectivity index is 1.39. The second-order valence-electron chi connectivity index (χ2n) is 6.61. The van der Waals surface area contributed by atoms with Gasteiger partial charge in [0.2, 0.25) is 0 Å². The molecule has 0 radical (unpaired) electrons. The molecule has 22 heavy (non-hydrogen) atoms. The van der Waals surface area contributed by atoms with E-state index in [1.807, 2.05) is 0 Å². The minimum atomic E-state index is 0.764. The van der Waals surface area contributed by atoms with Gasteiger partial charge in [0.05, 0.1) is 6.61 Å². The van der Waals surface area contributed by atoms with Crippen LogP contribution in [0.25, 0.3) is 0 Å². The molecule has 3 aliphatic rings. The largest absolute Gasteiger partial charge is 0.493 e. The van der Waals surface area contributed by atoms with Crippen LogP contribution in [0.2, 0.25) is 0 Å². The van der Waals surface area contributed by atoms with Crippen molar-refractivity contribution in [1.29, 1.82) is 0 Å². The fourth-order valence-corrected chi connectivity index (χ4v) is 4.49. The summed E-state index contributed by atoms with van der Waals surface area (Å²) < 4.78 is 7.05. The third-order valence-corrected chi connectivity index (χ3v) is 5.63. The number of nitrogens with zero attached hydrogens (tertiary/aromatic N) is 2. The molecule has 3 heterocycles. The Morgan fingerprint density at radius 1 is 1.23 bits per heavy atom. The van der Waals surface area contributed by atoms with Crippen molar-refractivity contribution in [2.45, 2.75) is 25.4 Å². The molecule has 0 aliphatic carbocycles. The van der Waals surface area contributed by atoms with Crippen molar-refractivity contribution < 1.29 is 4.74 Å². The number of halogens is 1. The molecular weight excluding hydrogens is 342 g/mol. The van der Waals surface area contributed by atoms with Crippen LogP contribution >= 0.6 is 15.9 Å². The van der Waals surface area contributed by atoms with E-state index in [1.165, 1.54) is 48.2 Å². The Labute approximate surface area is 140 Å². The number of ether oxygens (including phenoxy) is 1. The predicted octanol–water partition coefficient (Wildman–Crippen LogP) is 1.86. The van der Waals surface area contributed by atoms with Gasteiger partial charge in [-0.2, -0.15) is 0 Å². The van der Waals surface area contributed by atoms with E-state index in [2.05, 4.69) is 43.2 Å². The lowest BCUT2D eigenvalue weighted by Crippen LogP contribution is -2.50. The molecule has 1 N–H and O–H groups in total. The highest BCUT2D eigenvalue weighted by Gasteiger charge is 2.27. The van der Waals surface area contributed by atoms with Crippen LogP contribution in [0, 0.1) is 0 Å². The molecule has 0 spiro atoms. The van der Waals surface area contributed by atoms with E-state index in [4.69, 9.17) is 4.74 Å². The van der Waals surface area contributed by atoms with E-state index in [-0.39, 0.29) is 0 Å². The first-order chi connectivity index (χ1) is 10.8. The van der Waals surface area contributed by atoms with E-state index in [0.29, 0.717) is 0 Å². The van der Waals surface area contributed by atoms with Crippen molar-refractivity contribution in [1.82, 2.24) is 15.1 Å². The number of nitrogens with one attached hydrogen (secondary N) is 1. The van der Waals surface area contributed by atoms with Gasteiger partial charge in [-0.15, -0.1) is 0 Å². The number of benzene rings is 1. The SMILES string of the molecule is Brc1cc2c(c(CN3CCN(C4CCNC4)CC3)c1)OCC2. The summed E-state index contributed by atoms with van der Waals surface area (Å²) in [5, 5.41) is 3.48. The summed E-state index contributed by atoms with van der Waals surface area (Å²) in [6.07, 6.45) is 2.36. The second kappa shape index (κ2) is 6.48. The van der Waals surface area contributed by atoms with E-state index in [9.17, 15) is 0 Å². The van der Waals surface area contributed by atoms with E-state index >= 15 is 0 Å². The fourth-order valence-electron chi connectivity index (χ4n) is 3.94. The molecule has 1 aromatic rings. The third kappa shape index (κ3) is 3.04.